The van der Waals surface area contributed by atoms with Gasteiger partial charge in [0.15, 0.2) is 15.8 Å². The number of hydrogen-bond acceptors (Lipinski definition) is 4. The quantitative estimate of drug-likeness (QED) is 0.252. The second kappa shape index (κ2) is 9.82. The van der Waals surface area contributed by atoms with Gasteiger partial charge in [-0.2, -0.15) is 0 Å². The number of sulfone groups is 1. The summed E-state index contributed by atoms with van der Waals surface area (Å²) in [6, 6.07) is 8.89. The van der Waals surface area contributed by atoms with Gasteiger partial charge in [0.1, 0.15) is 0 Å². The largest absolute Gasteiger partial charge is 0.355 e. The third-order valence-electron chi connectivity index (χ3n) is 3.54. The minimum absolute atomic E-state index is 0. The Morgan fingerprint density at radius 1 is 1.21 bits per heavy atom. The van der Waals surface area contributed by atoms with Gasteiger partial charge < -0.3 is 16.0 Å². The van der Waals surface area contributed by atoms with Crippen LogP contribution in [0.1, 0.15) is 16.8 Å². The average Bonchev–Trinajstić information content (AvgIpc) is 2.89. The second-order valence-corrected chi connectivity index (χ2v) is 7.59. The fourth-order valence-corrected chi connectivity index (χ4v) is 4.02. The number of nitrogens with zero attached hydrogens (tertiary/aromatic N) is 1. The number of aliphatic imine (C=N–C) groups is 1. The normalized spacial score (nSPS) is 19.2. The Balaban J connectivity index is 0.00000288. The van der Waals surface area contributed by atoms with Gasteiger partial charge in [-0.05, 0) is 18.6 Å². The summed E-state index contributed by atoms with van der Waals surface area (Å²) >= 11 is 0. The van der Waals surface area contributed by atoms with Crippen molar-refractivity contribution in [3.05, 3.63) is 35.9 Å². The standard InChI is InChI=1S/C15H22N4O3S.HI/c1-16-15(19-13-7-10-23(21,22)11-13)18-9-8-17-14(20)12-5-3-2-4-6-12;/h2-6,13H,7-11H2,1H3,(H,17,20)(H2,16,18,19);1H. The maximum atomic E-state index is 11.9. The minimum Gasteiger partial charge on any atom is -0.355 e. The smallest absolute Gasteiger partial charge is 0.251 e. The lowest BCUT2D eigenvalue weighted by Crippen LogP contribution is -2.46. The van der Waals surface area contributed by atoms with Crippen LogP contribution in [0.15, 0.2) is 35.3 Å². The number of nitrogens with one attached hydrogen (secondary N) is 3. The van der Waals surface area contributed by atoms with E-state index >= 15 is 0 Å². The van der Waals surface area contributed by atoms with E-state index in [-0.39, 0.29) is 47.4 Å². The number of guanidine groups is 1. The molecular weight excluding hydrogens is 443 g/mol. The van der Waals surface area contributed by atoms with E-state index in [9.17, 15) is 13.2 Å². The van der Waals surface area contributed by atoms with Crippen LogP contribution in [0.25, 0.3) is 0 Å². The van der Waals surface area contributed by atoms with Gasteiger partial charge in [0.2, 0.25) is 0 Å². The van der Waals surface area contributed by atoms with Gasteiger partial charge in [-0.15, -0.1) is 24.0 Å². The number of amides is 1. The van der Waals surface area contributed by atoms with E-state index < -0.39 is 9.84 Å². The third-order valence-corrected chi connectivity index (χ3v) is 5.30. The number of halogens is 1. The molecule has 0 radical (unpaired) electrons. The van der Waals surface area contributed by atoms with Crippen LogP contribution >= 0.6 is 24.0 Å². The number of hydrogen-bond donors (Lipinski definition) is 3. The Kier molecular flexibility index (Phi) is 8.46. The molecule has 24 heavy (non-hydrogen) atoms. The van der Waals surface area contributed by atoms with E-state index in [0.717, 1.165) is 0 Å². The molecule has 1 aliphatic heterocycles. The molecule has 1 unspecified atom stereocenters. The molecule has 134 valence electrons. The Bertz CT molecular complexity index is 665. The van der Waals surface area contributed by atoms with Gasteiger partial charge in [-0.25, -0.2) is 8.42 Å². The lowest BCUT2D eigenvalue weighted by atomic mass is 10.2. The molecule has 1 atom stereocenters. The van der Waals surface area contributed by atoms with Crippen molar-refractivity contribution in [3.63, 3.8) is 0 Å². The van der Waals surface area contributed by atoms with Crippen LogP contribution in [0.4, 0.5) is 0 Å². The Morgan fingerprint density at radius 3 is 2.46 bits per heavy atom. The number of benzene rings is 1. The first-order chi connectivity index (χ1) is 11.0. The zero-order valence-corrected chi connectivity index (χ0v) is 16.6. The minimum atomic E-state index is -2.92. The van der Waals surface area contributed by atoms with Crippen molar-refractivity contribution in [1.29, 1.82) is 0 Å². The monoisotopic (exact) mass is 466 g/mol. The van der Waals surface area contributed by atoms with Crippen molar-refractivity contribution in [2.45, 2.75) is 12.5 Å². The van der Waals surface area contributed by atoms with Crippen LogP contribution in [0, 0.1) is 0 Å². The summed E-state index contributed by atoms with van der Waals surface area (Å²) in [4.78, 5) is 15.9. The van der Waals surface area contributed by atoms with Gasteiger partial charge in [0.25, 0.3) is 5.91 Å². The van der Waals surface area contributed by atoms with E-state index in [1.54, 1.807) is 19.2 Å². The molecule has 1 aromatic carbocycles. The molecule has 0 spiro atoms. The highest BCUT2D eigenvalue weighted by Gasteiger charge is 2.28. The number of carbonyl (C=O) groups is 1. The van der Waals surface area contributed by atoms with E-state index in [1.165, 1.54) is 0 Å². The molecule has 9 heteroatoms. The average molecular weight is 466 g/mol. The van der Waals surface area contributed by atoms with Crippen LogP contribution in [-0.2, 0) is 9.84 Å². The first-order valence-electron chi connectivity index (χ1n) is 7.51. The molecule has 1 heterocycles. The number of rotatable bonds is 5. The summed E-state index contributed by atoms with van der Waals surface area (Å²) in [5.41, 5.74) is 0.617. The molecule has 0 saturated carbocycles. The summed E-state index contributed by atoms with van der Waals surface area (Å²) in [5, 5.41) is 8.95. The molecule has 1 aromatic rings. The molecule has 0 bridgehead atoms. The van der Waals surface area contributed by atoms with E-state index in [1.807, 2.05) is 18.2 Å². The molecule has 0 aliphatic carbocycles. The van der Waals surface area contributed by atoms with Crippen molar-refractivity contribution in [1.82, 2.24) is 16.0 Å². The molecule has 0 aromatic heterocycles. The molecule has 7 nitrogen and oxygen atoms in total. The summed E-state index contributed by atoms with van der Waals surface area (Å²) in [6.45, 7) is 0.940. The highest BCUT2D eigenvalue weighted by atomic mass is 127. The maximum absolute atomic E-state index is 11.9. The van der Waals surface area contributed by atoms with Crippen molar-refractivity contribution in [2.24, 2.45) is 4.99 Å². The van der Waals surface area contributed by atoms with Crippen LogP contribution in [0.2, 0.25) is 0 Å². The summed E-state index contributed by atoms with van der Waals surface area (Å²) in [6.07, 6.45) is 0.591. The van der Waals surface area contributed by atoms with E-state index in [4.69, 9.17) is 0 Å². The number of carbonyl (C=O) groups excluding carboxylic acids is 1. The summed E-state index contributed by atoms with van der Waals surface area (Å²) in [7, 11) is -1.29. The zero-order chi connectivity index (χ0) is 16.7. The van der Waals surface area contributed by atoms with Crippen LogP contribution in [-0.4, -0.2) is 58.0 Å². The first kappa shape index (κ1) is 20.7. The molecule has 1 aliphatic rings. The Morgan fingerprint density at radius 2 is 1.88 bits per heavy atom. The Hall–Kier alpha value is -1.36. The fraction of sp³-hybridized carbons (Fsp3) is 0.467. The van der Waals surface area contributed by atoms with Crippen LogP contribution in [0.3, 0.4) is 0 Å². The molecule has 2 rings (SSSR count). The van der Waals surface area contributed by atoms with Crippen molar-refractivity contribution >= 4 is 45.7 Å². The molecule has 3 N–H and O–H groups in total. The predicted molar refractivity (Wildman–Crippen MR) is 106 cm³/mol. The zero-order valence-electron chi connectivity index (χ0n) is 13.5. The first-order valence-corrected chi connectivity index (χ1v) is 9.33. The lowest BCUT2D eigenvalue weighted by Gasteiger charge is -2.16. The summed E-state index contributed by atoms with van der Waals surface area (Å²) < 4.78 is 22.9. The van der Waals surface area contributed by atoms with Crippen molar-refractivity contribution in [3.8, 4) is 0 Å². The third kappa shape index (κ3) is 6.63. The SMILES string of the molecule is CN=C(NCCNC(=O)c1ccccc1)NC1CCS(=O)(=O)C1.I. The predicted octanol–water partition coefficient (Wildman–Crippen LogP) is 0.386. The van der Waals surface area contributed by atoms with Gasteiger partial charge >= 0.3 is 0 Å². The van der Waals surface area contributed by atoms with E-state index in [0.29, 0.717) is 31.0 Å². The summed E-state index contributed by atoms with van der Waals surface area (Å²) in [5.74, 6) is 0.769. The van der Waals surface area contributed by atoms with Crippen LogP contribution < -0.4 is 16.0 Å². The molecule has 1 fully saturated rings. The Labute approximate surface area is 159 Å². The molecule has 1 amide bonds. The maximum Gasteiger partial charge on any atom is 0.251 e. The molecular formula is C15H23IN4O3S. The van der Waals surface area contributed by atoms with Gasteiger partial charge in [-0.3, -0.25) is 9.79 Å². The lowest BCUT2D eigenvalue weighted by molar-refractivity contribution is 0.0954. The second-order valence-electron chi connectivity index (χ2n) is 5.37. The highest BCUT2D eigenvalue weighted by molar-refractivity contribution is 14.0. The topological polar surface area (TPSA) is 99.7 Å². The van der Waals surface area contributed by atoms with Gasteiger partial charge in [0.05, 0.1) is 11.5 Å². The molecule has 1 saturated heterocycles. The van der Waals surface area contributed by atoms with Gasteiger partial charge in [-0.1, -0.05) is 18.2 Å². The van der Waals surface area contributed by atoms with Crippen LogP contribution in [0.5, 0.6) is 0 Å². The van der Waals surface area contributed by atoms with Crippen molar-refractivity contribution < 1.29 is 13.2 Å². The fourth-order valence-electron chi connectivity index (χ4n) is 2.35. The van der Waals surface area contributed by atoms with Crippen molar-refractivity contribution in [2.75, 3.05) is 31.6 Å². The highest BCUT2D eigenvalue weighted by Crippen LogP contribution is 2.10. The van der Waals surface area contributed by atoms with E-state index in [2.05, 4.69) is 20.9 Å². The van der Waals surface area contributed by atoms with Gasteiger partial charge in [0, 0.05) is 31.7 Å².